The number of aliphatic hydroxyl groups excluding tert-OH is 1. The van der Waals surface area contributed by atoms with Gasteiger partial charge in [-0.05, 0) is 64.8 Å². The third-order valence-electron chi connectivity index (χ3n) is 5.19. The third-order valence-corrected chi connectivity index (χ3v) is 5.19. The number of nitrogens with zero attached hydrogens (tertiary/aromatic N) is 1. The molecule has 0 saturated carbocycles. The fraction of sp³-hybridized carbons (Fsp3) is 0.667. The largest absolute Gasteiger partial charge is 0.485 e. The molecule has 0 aromatic heterocycles. The van der Waals surface area contributed by atoms with E-state index in [0.29, 0.717) is 0 Å². The van der Waals surface area contributed by atoms with Gasteiger partial charge in [0.05, 0.1) is 6.04 Å². The lowest BCUT2D eigenvalue weighted by atomic mass is 9.83. The molecule has 1 fully saturated rings. The zero-order valence-corrected chi connectivity index (χ0v) is 13.6. The maximum Gasteiger partial charge on any atom is 0.129 e. The van der Waals surface area contributed by atoms with E-state index in [4.69, 9.17) is 4.74 Å². The van der Waals surface area contributed by atoms with Crippen molar-refractivity contribution in [2.75, 3.05) is 13.1 Å². The molecule has 1 aromatic carbocycles. The number of ether oxygens (including phenoxy) is 1. The zero-order chi connectivity index (χ0) is 15.2. The molecule has 2 atom stereocenters. The Morgan fingerprint density at radius 2 is 1.81 bits per heavy atom. The number of likely N-dealkylation sites (tertiary alicyclic amines) is 1. The van der Waals surface area contributed by atoms with Crippen LogP contribution in [0, 0.1) is 13.8 Å². The van der Waals surface area contributed by atoms with Gasteiger partial charge in [0.2, 0.25) is 0 Å². The molecule has 116 valence electrons. The summed E-state index contributed by atoms with van der Waals surface area (Å²) in [6.45, 7) is 10.5. The molecule has 3 rings (SSSR count). The average molecular weight is 289 g/mol. The molecule has 1 N–H and O–H groups in total. The van der Waals surface area contributed by atoms with E-state index in [0.717, 1.165) is 30.0 Å². The third kappa shape index (κ3) is 2.47. The van der Waals surface area contributed by atoms with Crippen molar-refractivity contribution in [3.05, 3.63) is 28.8 Å². The van der Waals surface area contributed by atoms with E-state index in [1.807, 2.05) is 6.07 Å². The van der Waals surface area contributed by atoms with Crippen LogP contribution in [0.3, 0.4) is 0 Å². The molecule has 2 aliphatic rings. The molecule has 0 bridgehead atoms. The Morgan fingerprint density at radius 1 is 1.14 bits per heavy atom. The van der Waals surface area contributed by atoms with Gasteiger partial charge >= 0.3 is 0 Å². The SMILES string of the molecule is Cc1ccc2c(c1C)OC(C)(C)C(N1CCCCC1)C2O. The second-order valence-electron chi connectivity index (χ2n) is 7.12. The average Bonchev–Trinajstić information content (AvgIpc) is 2.44. The summed E-state index contributed by atoms with van der Waals surface area (Å²) in [6.07, 6.45) is 3.27. The molecule has 0 radical (unpaired) electrons. The molecule has 0 spiro atoms. The molecule has 3 nitrogen and oxygen atoms in total. The quantitative estimate of drug-likeness (QED) is 0.860. The number of rotatable bonds is 1. The first-order valence-electron chi connectivity index (χ1n) is 8.13. The lowest BCUT2D eigenvalue weighted by molar-refractivity contribution is -0.0876. The summed E-state index contributed by atoms with van der Waals surface area (Å²) in [6, 6.07) is 4.16. The standard InChI is InChI=1S/C18H27NO2/c1-12-8-9-14-15(20)17(19-10-6-5-7-11-19)18(3,4)21-16(14)13(12)2/h8-9,15,17,20H,5-7,10-11H2,1-4H3. The summed E-state index contributed by atoms with van der Waals surface area (Å²) in [5.74, 6) is 0.890. The van der Waals surface area contributed by atoms with E-state index < -0.39 is 6.10 Å². The fourth-order valence-electron chi connectivity index (χ4n) is 3.89. The lowest BCUT2D eigenvalue weighted by Gasteiger charge is -2.49. The molecule has 0 aliphatic carbocycles. The van der Waals surface area contributed by atoms with Crippen LogP contribution in [-0.2, 0) is 0 Å². The van der Waals surface area contributed by atoms with Crippen molar-refractivity contribution in [1.82, 2.24) is 4.90 Å². The number of fused-ring (bicyclic) bond motifs is 1. The van der Waals surface area contributed by atoms with Gasteiger partial charge in [0.1, 0.15) is 17.5 Å². The smallest absolute Gasteiger partial charge is 0.129 e. The first-order valence-corrected chi connectivity index (χ1v) is 8.13. The molecular weight excluding hydrogens is 262 g/mol. The molecular formula is C18H27NO2. The zero-order valence-electron chi connectivity index (χ0n) is 13.6. The van der Waals surface area contributed by atoms with E-state index in [1.165, 1.54) is 24.8 Å². The van der Waals surface area contributed by atoms with Crippen LogP contribution < -0.4 is 4.74 Å². The maximum atomic E-state index is 11.0. The van der Waals surface area contributed by atoms with Crippen LogP contribution in [0.5, 0.6) is 5.75 Å². The van der Waals surface area contributed by atoms with Gasteiger partial charge in [-0.3, -0.25) is 4.90 Å². The Balaban J connectivity index is 2.01. The summed E-state index contributed by atoms with van der Waals surface area (Å²) in [4.78, 5) is 2.42. The molecule has 0 amide bonds. The highest BCUT2D eigenvalue weighted by Gasteiger charge is 2.46. The van der Waals surface area contributed by atoms with Crippen molar-refractivity contribution >= 4 is 0 Å². The monoisotopic (exact) mass is 289 g/mol. The van der Waals surface area contributed by atoms with Crippen LogP contribution in [0.1, 0.15) is 55.9 Å². The second kappa shape index (κ2) is 5.29. The molecule has 2 unspecified atom stereocenters. The van der Waals surface area contributed by atoms with Crippen LogP contribution in [0.4, 0.5) is 0 Å². The van der Waals surface area contributed by atoms with Gasteiger partial charge in [-0.1, -0.05) is 18.6 Å². The highest BCUT2D eigenvalue weighted by molar-refractivity contribution is 5.49. The minimum atomic E-state index is -0.471. The highest BCUT2D eigenvalue weighted by Crippen LogP contribution is 2.44. The van der Waals surface area contributed by atoms with Crippen molar-refractivity contribution in [2.24, 2.45) is 0 Å². The summed E-state index contributed by atoms with van der Waals surface area (Å²) in [5, 5.41) is 11.0. The molecule has 2 aliphatic heterocycles. The number of benzene rings is 1. The predicted octanol–water partition coefficient (Wildman–Crippen LogP) is 3.36. The van der Waals surface area contributed by atoms with Crippen LogP contribution in [0.25, 0.3) is 0 Å². The molecule has 21 heavy (non-hydrogen) atoms. The minimum absolute atomic E-state index is 0.0346. The van der Waals surface area contributed by atoms with Gasteiger partial charge in [0, 0.05) is 5.56 Å². The predicted molar refractivity (Wildman–Crippen MR) is 84.8 cm³/mol. The summed E-state index contributed by atoms with van der Waals surface area (Å²) in [5.41, 5.74) is 2.94. The first kappa shape index (κ1) is 14.9. The van der Waals surface area contributed by atoms with Crippen molar-refractivity contribution in [3.63, 3.8) is 0 Å². The highest BCUT2D eigenvalue weighted by atomic mass is 16.5. The van der Waals surface area contributed by atoms with Crippen LogP contribution in [-0.4, -0.2) is 34.7 Å². The van der Waals surface area contributed by atoms with Gasteiger partial charge in [-0.2, -0.15) is 0 Å². The van der Waals surface area contributed by atoms with Crippen molar-refractivity contribution in [3.8, 4) is 5.75 Å². The maximum absolute atomic E-state index is 11.0. The number of aryl methyl sites for hydroxylation is 1. The van der Waals surface area contributed by atoms with Gasteiger partial charge < -0.3 is 9.84 Å². The van der Waals surface area contributed by atoms with Crippen LogP contribution in [0.2, 0.25) is 0 Å². The Kier molecular flexibility index (Phi) is 3.74. The number of hydrogen-bond acceptors (Lipinski definition) is 3. The molecule has 1 aromatic rings. The lowest BCUT2D eigenvalue weighted by Crippen LogP contribution is -2.59. The van der Waals surface area contributed by atoms with Gasteiger partial charge in [0.25, 0.3) is 0 Å². The Morgan fingerprint density at radius 3 is 2.48 bits per heavy atom. The molecule has 2 heterocycles. The fourth-order valence-corrected chi connectivity index (χ4v) is 3.89. The Hall–Kier alpha value is -1.06. The van der Waals surface area contributed by atoms with Gasteiger partial charge in [0.15, 0.2) is 0 Å². The van der Waals surface area contributed by atoms with Gasteiger partial charge in [-0.15, -0.1) is 0 Å². The first-order chi connectivity index (χ1) is 9.92. The molecule has 3 heteroatoms. The van der Waals surface area contributed by atoms with E-state index >= 15 is 0 Å². The van der Waals surface area contributed by atoms with E-state index in [9.17, 15) is 5.11 Å². The van der Waals surface area contributed by atoms with Crippen molar-refractivity contribution in [2.45, 2.75) is 64.7 Å². The van der Waals surface area contributed by atoms with Crippen LogP contribution >= 0.6 is 0 Å². The van der Waals surface area contributed by atoms with E-state index in [-0.39, 0.29) is 11.6 Å². The summed E-state index contributed by atoms with van der Waals surface area (Å²) in [7, 11) is 0. The van der Waals surface area contributed by atoms with E-state index in [1.54, 1.807) is 0 Å². The minimum Gasteiger partial charge on any atom is -0.485 e. The Bertz CT molecular complexity index is 532. The Labute approximate surface area is 127 Å². The van der Waals surface area contributed by atoms with Crippen molar-refractivity contribution < 1.29 is 9.84 Å². The number of piperidine rings is 1. The summed E-state index contributed by atoms with van der Waals surface area (Å²) < 4.78 is 6.37. The van der Waals surface area contributed by atoms with Crippen molar-refractivity contribution in [1.29, 1.82) is 0 Å². The van der Waals surface area contributed by atoms with Gasteiger partial charge in [-0.25, -0.2) is 0 Å². The second-order valence-corrected chi connectivity index (χ2v) is 7.12. The normalized spacial score (nSPS) is 28.8. The van der Waals surface area contributed by atoms with Crippen LogP contribution in [0.15, 0.2) is 12.1 Å². The number of hydrogen-bond donors (Lipinski definition) is 1. The topological polar surface area (TPSA) is 32.7 Å². The number of aliphatic hydroxyl groups is 1. The van der Waals surface area contributed by atoms with E-state index in [2.05, 4.69) is 38.7 Å². The summed E-state index contributed by atoms with van der Waals surface area (Å²) >= 11 is 0. The molecule has 1 saturated heterocycles.